The molecule has 1 N–H and O–H groups in total. The third-order valence-electron chi connectivity index (χ3n) is 3.57. The van der Waals surface area contributed by atoms with Gasteiger partial charge in [0, 0.05) is 0 Å². The molecule has 1 aliphatic heterocycles. The zero-order chi connectivity index (χ0) is 11.5. The van der Waals surface area contributed by atoms with Crippen LogP contribution in [0.25, 0.3) is 0 Å². The van der Waals surface area contributed by atoms with Crippen LogP contribution in [0, 0.1) is 25.6 Å². The van der Waals surface area contributed by atoms with Crippen molar-refractivity contribution in [1.82, 2.24) is 5.32 Å². The van der Waals surface area contributed by atoms with Crippen LogP contribution in [0.2, 0.25) is 0 Å². The van der Waals surface area contributed by atoms with Crippen molar-refractivity contribution in [2.24, 2.45) is 5.92 Å². The van der Waals surface area contributed by atoms with Crippen LogP contribution in [-0.2, 0) is 6.42 Å². The molecule has 1 aromatic rings. The molecule has 0 aromatic heterocycles. The van der Waals surface area contributed by atoms with E-state index in [1.165, 1.54) is 18.4 Å². The van der Waals surface area contributed by atoms with E-state index in [1.54, 1.807) is 6.07 Å². The molecule has 0 amide bonds. The lowest BCUT2D eigenvalue weighted by atomic mass is 9.91. The van der Waals surface area contributed by atoms with Crippen molar-refractivity contribution in [3.8, 4) is 0 Å². The first-order valence-electron chi connectivity index (χ1n) is 6.13. The van der Waals surface area contributed by atoms with E-state index in [0.717, 1.165) is 30.6 Å². The highest BCUT2D eigenvalue weighted by atomic mass is 19.1. The summed E-state index contributed by atoms with van der Waals surface area (Å²) in [6.07, 6.45) is 3.32. The lowest BCUT2D eigenvalue weighted by Gasteiger charge is -2.23. The molecule has 0 aliphatic carbocycles. The molecule has 16 heavy (non-hydrogen) atoms. The predicted molar refractivity (Wildman–Crippen MR) is 65.2 cm³/mol. The maximum atomic E-state index is 13.8. The molecule has 1 nitrogen and oxygen atoms in total. The number of hydrogen-bond donors (Lipinski definition) is 1. The normalized spacial score (nSPS) is 21.1. The van der Waals surface area contributed by atoms with Gasteiger partial charge < -0.3 is 5.32 Å². The Morgan fingerprint density at radius 2 is 2.06 bits per heavy atom. The summed E-state index contributed by atoms with van der Waals surface area (Å²) in [5, 5.41) is 3.38. The van der Waals surface area contributed by atoms with E-state index in [4.69, 9.17) is 0 Å². The molecule has 1 heterocycles. The SMILES string of the molecule is Cc1cc(F)c(CC2CCCNC2)cc1C. The highest BCUT2D eigenvalue weighted by molar-refractivity contribution is 5.31. The second-order valence-corrected chi connectivity index (χ2v) is 4.94. The number of benzene rings is 1. The molecule has 0 radical (unpaired) electrons. The number of halogens is 1. The van der Waals surface area contributed by atoms with Crippen molar-refractivity contribution in [3.05, 3.63) is 34.6 Å². The van der Waals surface area contributed by atoms with Crippen LogP contribution in [0.1, 0.15) is 29.5 Å². The number of nitrogens with one attached hydrogen (secondary N) is 1. The standard InChI is InChI=1S/C14H20FN/c1-10-6-13(14(15)7-11(10)2)8-12-4-3-5-16-9-12/h6-7,12,16H,3-5,8-9H2,1-2H3. The second kappa shape index (κ2) is 4.96. The molecule has 1 aromatic carbocycles. The van der Waals surface area contributed by atoms with Gasteiger partial charge in [0.2, 0.25) is 0 Å². The van der Waals surface area contributed by atoms with Gasteiger partial charge in [-0.25, -0.2) is 4.39 Å². The van der Waals surface area contributed by atoms with Gasteiger partial charge in [-0.3, -0.25) is 0 Å². The Hall–Kier alpha value is -0.890. The Bertz CT molecular complexity index is 367. The quantitative estimate of drug-likeness (QED) is 0.809. The minimum Gasteiger partial charge on any atom is -0.316 e. The van der Waals surface area contributed by atoms with E-state index in [0.29, 0.717) is 5.92 Å². The Morgan fingerprint density at radius 3 is 2.75 bits per heavy atom. The Morgan fingerprint density at radius 1 is 1.31 bits per heavy atom. The largest absolute Gasteiger partial charge is 0.316 e. The molecule has 1 aliphatic rings. The molecule has 0 saturated carbocycles. The summed E-state index contributed by atoms with van der Waals surface area (Å²) in [4.78, 5) is 0. The van der Waals surface area contributed by atoms with Gasteiger partial charge in [0.15, 0.2) is 0 Å². The molecular weight excluding hydrogens is 201 g/mol. The fraction of sp³-hybridized carbons (Fsp3) is 0.571. The molecule has 1 fully saturated rings. The van der Waals surface area contributed by atoms with Crippen molar-refractivity contribution in [3.63, 3.8) is 0 Å². The molecule has 2 heteroatoms. The van der Waals surface area contributed by atoms with Crippen molar-refractivity contribution in [2.45, 2.75) is 33.1 Å². The fourth-order valence-corrected chi connectivity index (χ4v) is 2.41. The summed E-state index contributed by atoms with van der Waals surface area (Å²) in [7, 11) is 0. The van der Waals surface area contributed by atoms with Crippen molar-refractivity contribution >= 4 is 0 Å². The highest BCUT2D eigenvalue weighted by Crippen LogP contribution is 2.21. The van der Waals surface area contributed by atoms with E-state index in [1.807, 2.05) is 13.0 Å². The maximum absolute atomic E-state index is 13.8. The van der Waals surface area contributed by atoms with E-state index in [-0.39, 0.29) is 5.82 Å². The van der Waals surface area contributed by atoms with E-state index >= 15 is 0 Å². The summed E-state index contributed by atoms with van der Waals surface area (Å²) in [5.74, 6) is 0.569. The van der Waals surface area contributed by atoms with Crippen LogP contribution in [-0.4, -0.2) is 13.1 Å². The first-order chi connectivity index (χ1) is 7.66. The van der Waals surface area contributed by atoms with Crippen LogP contribution in [0.3, 0.4) is 0 Å². The molecule has 0 bridgehead atoms. The van der Waals surface area contributed by atoms with Gasteiger partial charge in [0.25, 0.3) is 0 Å². The van der Waals surface area contributed by atoms with E-state index in [2.05, 4.69) is 12.2 Å². The molecule has 1 unspecified atom stereocenters. The minimum absolute atomic E-state index is 0.0336. The van der Waals surface area contributed by atoms with Crippen molar-refractivity contribution in [1.29, 1.82) is 0 Å². The van der Waals surface area contributed by atoms with Gasteiger partial charge in [-0.2, -0.15) is 0 Å². The van der Waals surface area contributed by atoms with Crippen molar-refractivity contribution in [2.75, 3.05) is 13.1 Å². The third-order valence-corrected chi connectivity index (χ3v) is 3.57. The third kappa shape index (κ3) is 2.62. The minimum atomic E-state index is -0.0336. The van der Waals surface area contributed by atoms with E-state index in [9.17, 15) is 4.39 Å². The maximum Gasteiger partial charge on any atom is 0.126 e. The Kier molecular flexibility index (Phi) is 3.59. The zero-order valence-electron chi connectivity index (χ0n) is 10.1. The van der Waals surface area contributed by atoms with Gasteiger partial charge in [0.1, 0.15) is 5.82 Å². The summed E-state index contributed by atoms with van der Waals surface area (Å²) >= 11 is 0. The first kappa shape index (κ1) is 11.6. The molecule has 2 rings (SSSR count). The van der Waals surface area contributed by atoms with E-state index < -0.39 is 0 Å². The number of aryl methyl sites for hydroxylation is 2. The fourth-order valence-electron chi connectivity index (χ4n) is 2.41. The van der Waals surface area contributed by atoms with Gasteiger partial charge in [-0.15, -0.1) is 0 Å². The molecule has 1 saturated heterocycles. The smallest absolute Gasteiger partial charge is 0.126 e. The zero-order valence-corrected chi connectivity index (χ0v) is 10.1. The number of piperidine rings is 1. The average molecular weight is 221 g/mol. The monoisotopic (exact) mass is 221 g/mol. The van der Waals surface area contributed by atoms with Gasteiger partial charge in [-0.1, -0.05) is 6.07 Å². The van der Waals surface area contributed by atoms with Crippen LogP contribution >= 0.6 is 0 Å². The van der Waals surface area contributed by atoms with Crippen LogP contribution in [0.15, 0.2) is 12.1 Å². The number of hydrogen-bond acceptors (Lipinski definition) is 1. The first-order valence-corrected chi connectivity index (χ1v) is 6.13. The lowest BCUT2D eigenvalue weighted by Crippen LogP contribution is -2.31. The van der Waals surface area contributed by atoms with Gasteiger partial charge in [-0.05, 0) is 74.9 Å². The molecule has 1 atom stereocenters. The average Bonchev–Trinajstić information content (AvgIpc) is 2.27. The Labute approximate surface area is 97.1 Å². The molecular formula is C14H20FN. The topological polar surface area (TPSA) is 12.0 Å². The highest BCUT2D eigenvalue weighted by Gasteiger charge is 2.15. The van der Waals surface area contributed by atoms with Crippen LogP contribution in [0.5, 0.6) is 0 Å². The summed E-state index contributed by atoms with van der Waals surface area (Å²) in [6, 6.07) is 3.68. The lowest BCUT2D eigenvalue weighted by molar-refractivity contribution is 0.372. The molecule has 0 spiro atoms. The Balaban J connectivity index is 2.11. The van der Waals surface area contributed by atoms with Gasteiger partial charge in [0.05, 0.1) is 0 Å². The summed E-state index contributed by atoms with van der Waals surface area (Å²) in [5.41, 5.74) is 3.12. The summed E-state index contributed by atoms with van der Waals surface area (Å²) in [6.45, 7) is 6.17. The molecule has 88 valence electrons. The van der Waals surface area contributed by atoms with Gasteiger partial charge >= 0.3 is 0 Å². The predicted octanol–water partition coefficient (Wildman–Crippen LogP) is 2.98. The number of rotatable bonds is 2. The second-order valence-electron chi connectivity index (χ2n) is 4.94. The van der Waals surface area contributed by atoms with Crippen LogP contribution in [0.4, 0.5) is 4.39 Å². The van der Waals surface area contributed by atoms with Crippen molar-refractivity contribution < 1.29 is 4.39 Å². The summed E-state index contributed by atoms with van der Waals surface area (Å²) < 4.78 is 13.8. The van der Waals surface area contributed by atoms with Crippen LogP contribution < -0.4 is 5.32 Å².